The van der Waals surface area contributed by atoms with Crippen LogP contribution in [0.2, 0.25) is 0 Å². The molecular weight excluding hydrogens is 324 g/mol. The molecule has 1 aliphatic rings. The summed E-state index contributed by atoms with van der Waals surface area (Å²) < 4.78 is 0. The third kappa shape index (κ3) is 3.96. The quantitative estimate of drug-likeness (QED) is 0.890. The molecule has 2 amide bonds. The molecule has 0 spiro atoms. The Hall–Kier alpha value is -2.62. The van der Waals surface area contributed by atoms with E-state index in [1.165, 1.54) is 5.56 Å². The first-order valence-corrected chi connectivity index (χ1v) is 9.21. The van der Waals surface area contributed by atoms with E-state index in [1.54, 1.807) is 0 Å². The third-order valence-corrected chi connectivity index (χ3v) is 4.77. The van der Waals surface area contributed by atoms with Crippen LogP contribution in [0.5, 0.6) is 0 Å². The van der Waals surface area contributed by atoms with Crippen molar-refractivity contribution in [1.29, 1.82) is 0 Å². The van der Waals surface area contributed by atoms with Crippen LogP contribution in [0.1, 0.15) is 47.3 Å². The Balaban J connectivity index is 1.66. The molecule has 4 heteroatoms. The molecule has 4 nitrogen and oxygen atoms in total. The van der Waals surface area contributed by atoms with Gasteiger partial charge >= 0.3 is 0 Å². The molecule has 2 aromatic carbocycles. The van der Waals surface area contributed by atoms with E-state index >= 15 is 0 Å². The van der Waals surface area contributed by atoms with Gasteiger partial charge in [0.25, 0.3) is 5.91 Å². The van der Waals surface area contributed by atoms with Crippen molar-refractivity contribution in [3.05, 3.63) is 64.7 Å². The summed E-state index contributed by atoms with van der Waals surface area (Å²) in [5.41, 5.74) is 4.94. The second kappa shape index (κ2) is 7.73. The largest absolute Gasteiger partial charge is 0.348 e. The summed E-state index contributed by atoms with van der Waals surface area (Å²) in [6, 6.07) is 13.7. The third-order valence-electron chi connectivity index (χ3n) is 4.77. The zero-order valence-electron chi connectivity index (χ0n) is 15.7. The lowest BCUT2D eigenvalue weighted by Gasteiger charge is -2.18. The van der Waals surface area contributed by atoms with E-state index in [0.717, 1.165) is 29.8 Å². The second-order valence-corrected chi connectivity index (χ2v) is 7.35. The number of nitrogens with zero attached hydrogens (tertiary/aromatic N) is 1. The van der Waals surface area contributed by atoms with E-state index in [1.807, 2.05) is 48.2 Å². The first-order chi connectivity index (χ1) is 12.5. The average Bonchev–Trinajstić information content (AvgIpc) is 3.03. The standard InChI is InChI=1S/C22H26N2O2/c1-15(2)12-21(25)24-11-10-18-13-17(8-9-20(18)24)14-23-22(26)19-7-5-4-6-16(19)3/h4-9,13,15H,10-12,14H2,1-3H3,(H,23,26). The van der Waals surface area contributed by atoms with E-state index in [4.69, 9.17) is 0 Å². The smallest absolute Gasteiger partial charge is 0.251 e. The Bertz CT molecular complexity index is 827. The van der Waals surface area contributed by atoms with Gasteiger partial charge in [0.2, 0.25) is 5.91 Å². The number of anilines is 1. The number of hydrogen-bond donors (Lipinski definition) is 1. The Morgan fingerprint density at radius 1 is 1.15 bits per heavy atom. The van der Waals surface area contributed by atoms with Gasteiger partial charge in [-0.05, 0) is 48.1 Å². The van der Waals surface area contributed by atoms with Gasteiger partial charge in [0, 0.05) is 30.8 Å². The highest BCUT2D eigenvalue weighted by molar-refractivity contribution is 5.96. The van der Waals surface area contributed by atoms with Crippen LogP contribution in [0.4, 0.5) is 5.69 Å². The molecule has 0 radical (unpaired) electrons. The molecule has 0 atom stereocenters. The van der Waals surface area contributed by atoms with Crippen molar-refractivity contribution in [3.8, 4) is 0 Å². The predicted octanol–water partition coefficient (Wildman–Crippen LogP) is 3.86. The fourth-order valence-corrected chi connectivity index (χ4v) is 3.39. The molecule has 1 aliphatic heterocycles. The van der Waals surface area contributed by atoms with Gasteiger partial charge in [-0.2, -0.15) is 0 Å². The molecule has 0 saturated carbocycles. The van der Waals surface area contributed by atoms with Crippen LogP contribution < -0.4 is 10.2 Å². The molecule has 2 aromatic rings. The number of rotatable bonds is 5. The van der Waals surface area contributed by atoms with Gasteiger partial charge in [0.15, 0.2) is 0 Å². The van der Waals surface area contributed by atoms with Crippen LogP contribution >= 0.6 is 0 Å². The molecule has 0 unspecified atom stereocenters. The number of nitrogens with one attached hydrogen (secondary N) is 1. The fourth-order valence-electron chi connectivity index (χ4n) is 3.39. The summed E-state index contributed by atoms with van der Waals surface area (Å²) in [6.45, 7) is 7.30. The van der Waals surface area contributed by atoms with E-state index in [2.05, 4.69) is 25.2 Å². The molecule has 3 rings (SSSR count). The van der Waals surface area contributed by atoms with Crippen molar-refractivity contribution < 1.29 is 9.59 Å². The molecule has 136 valence electrons. The highest BCUT2D eigenvalue weighted by Gasteiger charge is 2.25. The number of carbonyl (C=O) groups excluding carboxylic acids is 2. The minimum absolute atomic E-state index is 0.0580. The van der Waals surface area contributed by atoms with Crippen molar-refractivity contribution in [2.45, 2.75) is 40.2 Å². The summed E-state index contributed by atoms with van der Waals surface area (Å²) in [5, 5.41) is 2.99. The maximum Gasteiger partial charge on any atom is 0.251 e. The first kappa shape index (κ1) is 18.2. The lowest BCUT2D eigenvalue weighted by atomic mass is 10.1. The molecule has 0 bridgehead atoms. The van der Waals surface area contributed by atoms with E-state index < -0.39 is 0 Å². The van der Waals surface area contributed by atoms with E-state index in [0.29, 0.717) is 24.4 Å². The number of fused-ring (bicyclic) bond motifs is 1. The predicted molar refractivity (Wildman–Crippen MR) is 104 cm³/mol. The molecule has 0 aliphatic carbocycles. The van der Waals surface area contributed by atoms with Crippen LogP contribution in [-0.2, 0) is 17.8 Å². The number of hydrogen-bond acceptors (Lipinski definition) is 2. The molecule has 0 saturated heterocycles. The van der Waals surface area contributed by atoms with Gasteiger partial charge in [-0.1, -0.05) is 44.2 Å². The molecule has 0 fully saturated rings. The maximum absolute atomic E-state index is 12.4. The van der Waals surface area contributed by atoms with E-state index in [9.17, 15) is 9.59 Å². The van der Waals surface area contributed by atoms with Gasteiger partial charge in [-0.3, -0.25) is 9.59 Å². The van der Waals surface area contributed by atoms with Crippen molar-refractivity contribution in [2.75, 3.05) is 11.4 Å². The molecular formula is C22H26N2O2. The minimum Gasteiger partial charge on any atom is -0.348 e. The lowest BCUT2D eigenvalue weighted by molar-refractivity contribution is -0.119. The molecule has 0 aromatic heterocycles. The Kier molecular flexibility index (Phi) is 5.40. The molecule has 1 heterocycles. The lowest BCUT2D eigenvalue weighted by Crippen LogP contribution is -2.29. The van der Waals surface area contributed by atoms with Gasteiger partial charge in [-0.15, -0.1) is 0 Å². The number of amides is 2. The van der Waals surface area contributed by atoms with E-state index in [-0.39, 0.29) is 11.8 Å². The highest BCUT2D eigenvalue weighted by Crippen LogP contribution is 2.30. The Labute approximate surface area is 155 Å². The maximum atomic E-state index is 12.4. The van der Waals surface area contributed by atoms with Gasteiger partial charge in [-0.25, -0.2) is 0 Å². The van der Waals surface area contributed by atoms with Crippen molar-refractivity contribution >= 4 is 17.5 Å². The molecule has 1 N–H and O–H groups in total. The first-order valence-electron chi connectivity index (χ1n) is 9.21. The van der Waals surface area contributed by atoms with Crippen molar-refractivity contribution in [2.24, 2.45) is 5.92 Å². The average molecular weight is 350 g/mol. The van der Waals surface area contributed by atoms with Crippen LogP contribution in [0.25, 0.3) is 0 Å². The van der Waals surface area contributed by atoms with Crippen molar-refractivity contribution in [1.82, 2.24) is 5.32 Å². The SMILES string of the molecule is Cc1ccccc1C(=O)NCc1ccc2c(c1)CCN2C(=O)CC(C)C. The number of carbonyl (C=O) groups is 2. The molecule has 26 heavy (non-hydrogen) atoms. The van der Waals surface area contributed by atoms with Gasteiger partial charge in [0.05, 0.1) is 0 Å². The summed E-state index contributed by atoms with van der Waals surface area (Å²) >= 11 is 0. The highest BCUT2D eigenvalue weighted by atomic mass is 16.2. The van der Waals surface area contributed by atoms with Crippen LogP contribution in [0.15, 0.2) is 42.5 Å². The zero-order chi connectivity index (χ0) is 18.7. The summed E-state index contributed by atoms with van der Waals surface area (Å²) in [5.74, 6) is 0.499. The second-order valence-electron chi connectivity index (χ2n) is 7.35. The normalized spacial score (nSPS) is 13.0. The van der Waals surface area contributed by atoms with Crippen LogP contribution in [0, 0.1) is 12.8 Å². The fraction of sp³-hybridized carbons (Fsp3) is 0.364. The zero-order valence-corrected chi connectivity index (χ0v) is 15.7. The monoisotopic (exact) mass is 350 g/mol. The summed E-state index contributed by atoms with van der Waals surface area (Å²) in [7, 11) is 0. The van der Waals surface area contributed by atoms with Gasteiger partial charge < -0.3 is 10.2 Å². The minimum atomic E-state index is -0.0580. The Morgan fingerprint density at radius 3 is 2.65 bits per heavy atom. The van der Waals surface area contributed by atoms with Crippen LogP contribution in [0.3, 0.4) is 0 Å². The summed E-state index contributed by atoms with van der Waals surface area (Å²) in [4.78, 5) is 26.6. The van der Waals surface area contributed by atoms with Crippen molar-refractivity contribution in [3.63, 3.8) is 0 Å². The Morgan fingerprint density at radius 2 is 1.92 bits per heavy atom. The number of benzene rings is 2. The summed E-state index contributed by atoms with van der Waals surface area (Å²) in [6.07, 6.45) is 1.45. The topological polar surface area (TPSA) is 49.4 Å². The van der Waals surface area contributed by atoms with Crippen LogP contribution in [-0.4, -0.2) is 18.4 Å². The van der Waals surface area contributed by atoms with Gasteiger partial charge in [0.1, 0.15) is 0 Å². The number of aryl methyl sites for hydroxylation is 1.